The molecule has 1 amide bonds. The largest absolute Gasteiger partial charge is 0.481 e. The highest BCUT2D eigenvalue weighted by molar-refractivity contribution is 5.82. The van der Waals surface area contributed by atoms with E-state index in [0.29, 0.717) is 6.07 Å². The second-order valence-electron chi connectivity index (χ2n) is 12.7. The van der Waals surface area contributed by atoms with Gasteiger partial charge in [-0.25, -0.2) is 9.18 Å². The fraction of sp³-hybridized carbons (Fsp3) is 0.485. The van der Waals surface area contributed by atoms with Crippen LogP contribution in [0, 0.1) is 25.6 Å². The monoisotopic (exact) mass is 679 g/mol. The summed E-state index contributed by atoms with van der Waals surface area (Å²) in [5, 5.41) is 12.3. The Morgan fingerprint density at radius 1 is 1.02 bits per heavy atom. The van der Waals surface area contributed by atoms with E-state index in [-0.39, 0.29) is 58.8 Å². The normalized spacial score (nSPS) is 13.2. The Morgan fingerprint density at radius 3 is 2.19 bits per heavy atom. The van der Waals surface area contributed by atoms with Crippen molar-refractivity contribution >= 4 is 11.9 Å². The lowest BCUT2D eigenvalue weighted by molar-refractivity contribution is -0.139. The molecule has 0 aliphatic carbocycles. The molecule has 0 saturated carbocycles. The van der Waals surface area contributed by atoms with Gasteiger partial charge in [-0.05, 0) is 75.5 Å². The zero-order valence-electron chi connectivity index (χ0n) is 28.2. The number of aromatic nitrogens is 3. The van der Waals surface area contributed by atoms with Crippen LogP contribution < -0.4 is 22.1 Å². The quantitative estimate of drug-likeness (QED) is 0.279. The number of aliphatic carboxylic acids is 1. The number of benzene rings is 1. The summed E-state index contributed by atoms with van der Waals surface area (Å²) < 4.78 is 60.5. The number of pyridine rings is 1. The molecule has 2 atom stereocenters. The van der Waals surface area contributed by atoms with Crippen LogP contribution >= 0.6 is 0 Å². The summed E-state index contributed by atoms with van der Waals surface area (Å²) >= 11 is 0. The number of aryl methyl sites for hydroxylation is 1. The van der Waals surface area contributed by atoms with Crippen molar-refractivity contribution in [1.29, 1.82) is 0 Å². The number of hydrogen-bond acceptors (Lipinski definition) is 6. The van der Waals surface area contributed by atoms with Crippen LogP contribution in [0.5, 0.6) is 0 Å². The Bertz CT molecular complexity index is 1890. The molecular weight excluding hydrogens is 638 g/mol. The van der Waals surface area contributed by atoms with E-state index in [0.717, 1.165) is 15.3 Å². The van der Waals surface area contributed by atoms with Crippen molar-refractivity contribution in [2.45, 2.75) is 65.2 Å². The number of amides is 1. The van der Waals surface area contributed by atoms with Crippen LogP contribution in [0.2, 0.25) is 0 Å². The molecule has 2 heterocycles. The molecule has 0 radical (unpaired) electrons. The zero-order valence-corrected chi connectivity index (χ0v) is 28.2. The third-order valence-corrected chi connectivity index (χ3v) is 8.23. The Morgan fingerprint density at radius 2 is 1.65 bits per heavy atom. The average molecular weight is 680 g/mol. The lowest BCUT2D eigenvalue weighted by Crippen LogP contribution is -2.41. The molecule has 3 aromatic rings. The first kappa shape index (κ1) is 37.9. The molecule has 2 aromatic heterocycles. The molecule has 11 nitrogen and oxygen atoms in total. The smallest absolute Gasteiger partial charge is 0.416 e. The van der Waals surface area contributed by atoms with E-state index >= 15 is 4.39 Å². The van der Waals surface area contributed by atoms with Crippen molar-refractivity contribution in [1.82, 2.24) is 23.9 Å². The van der Waals surface area contributed by atoms with Crippen LogP contribution in [-0.2, 0) is 36.3 Å². The highest BCUT2D eigenvalue weighted by Gasteiger charge is 2.36. The van der Waals surface area contributed by atoms with Gasteiger partial charge < -0.3 is 24.5 Å². The number of carboxylic acid groups (broad SMARTS) is 1. The predicted octanol–water partition coefficient (Wildman–Crippen LogP) is 3.71. The van der Waals surface area contributed by atoms with Gasteiger partial charge in [-0.3, -0.25) is 23.7 Å². The summed E-state index contributed by atoms with van der Waals surface area (Å²) in [7, 11) is 6.08. The van der Waals surface area contributed by atoms with Gasteiger partial charge in [-0.1, -0.05) is 13.8 Å². The highest BCUT2D eigenvalue weighted by atomic mass is 19.4. The second kappa shape index (κ2) is 14.7. The predicted molar refractivity (Wildman–Crippen MR) is 171 cm³/mol. The number of likely N-dealkylation sites (N-methyl/N-ethyl adjacent to an activating group) is 1. The van der Waals surface area contributed by atoms with Crippen LogP contribution in [0.1, 0.15) is 66.7 Å². The number of hydrogen-bond donors (Lipinski definition) is 2. The van der Waals surface area contributed by atoms with Gasteiger partial charge in [0.2, 0.25) is 5.91 Å². The number of carbonyl (C=O) groups excluding carboxylic acids is 1. The summed E-state index contributed by atoms with van der Waals surface area (Å²) in [5.74, 6) is -3.42. The van der Waals surface area contributed by atoms with E-state index in [1.165, 1.54) is 44.6 Å². The van der Waals surface area contributed by atoms with Gasteiger partial charge in [-0.2, -0.15) is 13.2 Å². The first-order valence-electron chi connectivity index (χ1n) is 15.2. The van der Waals surface area contributed by atoms with Crippen LogP contribution in [0.3, 0.4) is 0 Å². The van der Waals surface area contributed by atoms with Crippen LogP contribution in [-0.4, -0.2) is 56.2 Å². The topological polar surface area (TPSA) is 136 Å². The minimum atomic E-state index is -4.83. The first-order chi connectivity index (χ1) is 22.1. The molecule has 2 N–H and O–H groups in total. The maximum atomic E-state index is 15.8. The second-order valence-corrected chi connectivity index (χ2v) is 12.7. The van der Waals surface area contributed by atoms with Crippen molar-refractivity contribution in [2.75, 3.05) is 20.6 Å². The van der Waals surface area contributed by atoms with Crippen molar-refractivity contribution in [3.8, 4) is 11.1 Å². The lowest BCUT2D eigenvalue weighted by atomic mass is 9.93. The highest BCUT2D eigenvalue weighted by Crippen LogP contribution is 2.33. The fourth-order valence-electron chi connectivity index (χ4n) is 5.59. The van der Waals surface area contributed by atoms with E-state index in [1.807, 2.05) is 0 Å². The van der Waals surface area contributed by atoms with E-state index < -0.39 is 64.7 Å². The van der Waals surface area contributed by atoms with Gasteiger partial charge in [0, 0.05) is 44.2 Å². The Balaban J connectivity index is 2.20. The number of carboxylic acids is 1. The number of nitrogens with one attached hydrogen (secondary N) is 1. The van der Waals surface area contributed by atoms with E-state index in [9.17, 15) is 42.3 Å². The Kier molecular flexibility index (Phi) is 11.6. The molecule has 0 aliphatic heterocycles. The van der Waals surface area contributed by atoms with Crippen molar-refractivity contribution in [3.63, 3.8) is 0 Å². The molecule has 48 heavy (non-hydrogen) atoms. The van der Waals surface area contributed by atoms with Crippen molar-refractivity contribution in [3.05, 3.63) is 89.4 Å². The lowest BCUT2D eigenvalue weighted by Gasteiger charge is -2.27. The molecule has 0 aliphatic rings. The molecular formula is C33H41F4N5O6. The van der Waals surface area contributed by atoms with Gasteiger partial charge in [0.15, 0.2) is 0 Å². The summed E-state index contributed by atoms with van der Waals surface area (Å²) in [5.41, 5.74) is -3.42. The van der Waals surface area contributed by atoms with E-state index in [1.54, 1.807) is 32.8 Å². The fourth-order valence-corrected chi connectivity index (χ4v) is 5.59. The minimum absolute atomic E-state index is 0.0150. The van der Waals surface area contributed by atoms with Gasteiger partial charge in [0.25, 0.3) is 11.1 Å². The van der Waals surface area contributed by atoms with Gasteiger partial charge in [0.1, 0.15) is 11.9 Å². The maximum Gasteiger partial charge on any atom is 0.416 e. The maximum absolute atomic E-state index is 15.8. The summed E-state index contributed by atoms with van der Waals surface area (Å²) in [6, 6.07) is 0.151. The van der Waals surface area contributed by atoms with Crippen LogP contribution in [0.4, 0.5) is 17.6 Å². The molecule has 15 heteroatoms. The summed E-state index contributed by atoms with van der Waals surface area (Å²) in [6.45, 7) is 6.61. The summed E-state index contributed by atoms with van der Waals surface area (Å²) in [4.78, 5) is 66.3. The number of rotatable bonds is 12. The third kappa shape index (κ3) is 8.30. The number of carbonyl (C=O) groups is 2. The van der Waals surface area contributed by atoms with Crippen LogP contribution in [0.25, 0.3) is 11.1 Å². The molecule has 1 aromatic carbocycles. The molecule has 1 unspecified atom stereocenters. The Labute approximate surface area is 274 Å². The molecule has 0 spiro atoms. The van der Waals surface area contributed by atoms with Gasteiger partial charge in [-0.15, -0.1) is 0 Å². The number of nitrogens with zero attached hydrogens (tertiary/aromatic N) is 4. The van der Waals surface area contributed by atoms with E-state index in [4.69, 9.17) is 0 Å². The average Bonchev–Trinajstić information content (AvgIpc) is 2.97. The summed E-state index contributed by atoms with van der Waals surface area (Å²) in [6.07, 6.45) is -4.72. The zero-order chi connectivity index (χ0) is 36.4. The molecule has 3 rings (SSSR count). The molecule has 0 bridgehead atoms. The first-order valence-corrected chi connectivity index (χ1v) is 15.2. The van der Waals surface area contributed by atoms with Gasteiger partial charge in [0.05, 0.1) is 23.6 Å². The molecule has 0 saturated heterocycles. The number of halogens is 4. The third-order valence-electron chi connectivity index (χ3n) is 8.23. The minimum Gasteiger partial charge on any atom is -0.481 e. The van der Waals surface area contributed by atoms with Crippen molar-refractivity contribution < 1.29 is 32.3 Å². The van der Waals surface area contributed by atoms with Crippen molar-refractivity contribution in [2.24, 2.45) is 20.0 Å². The number of alkyl halides is 3. The van der Waals surface area contributed by atoms with Crippen LogP contribution in [0.15, 0.2) is 38.8 Å². The van der Waals surface area contributed by atoms with E-state index in [2.05, 4.69) is 5.32 Å². The molecule has 0 fully saturated rings. The molecule has 262 valence electrons. The standard InChI is InChI=1S/C33H41F4N5O6/c1-17(2)11-25(42-16-20(9-10-39(5)6)23(14-26(42)43)33(35,36)37)30(46)38-24(15-27(44)45)22-13-21(12-18(3)29(22)34)28-19(4)40(7)32(48)41(8)31(28)47/h12-14,16-17,24-25H,9-11,15H2,1-8H3,(H,38,46)(H,44,45)/t24?,25-/m1/s1. The SMILES string of the molecule is Cc1cc(-c2c(C)n(C)c(=O)n(C)c2=O)cc(C(CC(=O)O)NC(=O)[C@@H](CC(C)C)n2cc(CCN(C)C)c(C(F)(F)F)cc2=O)c1F. The van der Waals surface area contributed by atoms with Gasteiger partial charge >= 0.3 is 17.8 Å². The Hall–Kier alpha value is -4.53.